The van der Waals surface area contributed by atoms with Gasteiger partial charge in [-0.3, -0.25) is 0 Å². The van der Waals surface area contributed by atoms with Crippen molar-refractivity contribution in [1.82, 2.24) is 19.6 Å². The van der Waals surface area contributed by atoms with Crippen molar-refractivity contribution in [1.29, 1.82) is 0 Å². The third kappa shape index (κ3) is 2.03. The lowest BCUT2D eigenvalue weighted by Crippen LogP contribution is -2.19. The number of aryl methyl sites for hydroxylation is 1. The molecular weight excluding hydrogens is 230 g/mol. The lowest BCUT2D eigenvalue weighted by Gasteiger charge is -2.15. The van der Waals surface area contributed by atoms with Gasteiger partial charge in [0.1, 0.15) is 12.1 Å². The van der Waals surface area contributed by atoms with Crippen molar-refractivity contribution in [2.75, 3.05) is 12.4 Å². The molecule has 1 saturated carbocycles. The number of hydrogen-bond donors (Lipinski definition) is 1. The largest absolute Gasteiger partial charge is 0.381 e. The van der Waals surface area contributed by atoms with Crippen LogP contribution in [0.15, 0.2) is 12.4 Å². The number of nitrogens with one attached hydrogen (secondary N) is 1. The highest BCUT2D eigenvalue weighted by Crippen LogP contribution is 2.24. The number of rotatable bonds is 3. The van der Waals surface area contributed by atoms with Crippen molar-refractivity contribution in [2.45, 2.75) is 38.3 Å². The minimum absolute atomic E-state index is 0.372. The summed E-state index contributed by atoms with van der Waals surface area (Å²) in [7, 11) is 1.78. The molecule has 1 aliphatic rings. The van der Waals surface area contributed by atoms with Gasteiger partial charge in [0.25, 0.3) is 5.78 Å². The van der Waals surface area contributed by atoms with Crippen LogP contribution in [0.1, 0.15) is 25.0 Å². The number of anilines is 1. The van der Waals surface area contributed by atoms with Crippen molar-refractivity contribution >= 4 is 11.6 Å². The molecule has 1 aliphatic carbocycles. The molecule has 2 heterocycles. The maximum absolute atomic E-state index is 5.39. The van der Waals surface area contributed by atoms with Gasteiger partial charge < -0.3 is 10.1 Å². The molecule has 0 radical (unpaired) electrons. The Balaban J connectivity index is 1.84. The third-order valence-corrected chi connectivity index (χ3v) is 3.45. The molecule has 0 aromatic carbocycles. The SMILES string of the molecule is COC1CCC(Nc2cc(C)nc3ncnn23)C1. The van der Waals surface area contributed by atoms with E-state index in [0.717, 1.165) is 30.8 Å². The molecule has 1 fully saturated rings. The van der Waals surface area contributed by atoms with Crippen LogP contribution in [0.3, 0.4) is 0 Å². The van der Waals surface area contributed by atoms with Crippen molar-refractivity contribution in [3.8, 4) is 0 Å². The summed E-state index contributed by atoms with van der Waals surface area (Å²) < 4.78 is 7.13. The third-order valence-electron chi connectivity index (χ3n) is 3.45. The molecule has 18 heavy (non-hydrogen) atoms. The molecule has 2 atom stereocenters. The zero-order chi connectivity index (χ0) is 12.5. The van der Waals surface area contributed by atoms with Gasteiger partial charge in [0.15, 0.2) is 0 Å². The molecule has 6 heteroatoms. The van der Waals surface area contributed by atoms with Gasteiger partial charge in [-0.2, -0.15) is 14.6 Å². The number of fused-ring (bicyclic) bond motifs is 1. The molecule has 0 saturated heterocycles. The van der Waals surface area contributed by atoms with Gasteiger partial charge in [-0.25, -0.2) is 4.98 Å². The average molecular weight is 247 g/mol. The summed E-state index contributed by atoms with van der Waals surface area (Å²) in [6.07, 6.45) is 5.17. The van der Waals surface area contributed by atoms with Crippen molar-refractivity contribution in [2.24, 2.45) is 0 Å². The first kappa shape index (κ1) is 11.4. The smallest absolute Gasteiger partial charge is 0.254 e. The highest BCUT2D eigenvalue weighted by atomic mass is 16.5. The summed E-state index contributed by atoms with van der Waals surface area (Å²) >= 11 is 0. The molecule has 0 spiro atoms. The van der Waals surface area contributed by atoms with E-state index in [1.165, 1.54) is 6.33 Å². The number of methoxy groups -OCH3 is 1. The lowest BCUT2D eigenvalue weighted by atomic mass is 10.2. The average Bonchev–Trinajstić information content (AvgIpc) is 2.97. The molecule has 96 valence electrons. The van der Waals surface area contributed by atoms with E-state index in [9.17, 15) is 0 Å². The van der Waals surface area contributed by atoms with Crippen LogP contribution >= 0.6 is 0 Å². The molecule has 6 nitrogen and oxygen atoms in total. The van der Waals surface area contributed by atoms with E-state index in [-0.39, 0.29) is 0 Å². The topological polar surface area (TPSA) is 64.3 Å². The second-order valence-corrected chi connectivity index (χ2v) is 4.77. The second-order valence-electron chi connectivity index (χ2n) is 4.77. The second kappa shape index (κ2) is 4.53. The van der Waals surface area contributed by atoms with E-state index >= 15 is 0 Å². The summed E-state index contributed by atoms with van der Waals surface area (Å²) in [5.74, 6) is 1.59. The Bertz CT molecular complexity index is 552. The van der Waals surface area contributed by atoms with Crippen molar-refractivity contribution in [3.05, 3.63) is 18.1 Å². The van der Waals surface area contributed by atoms with E-state index < -0.39 is 0 Å². The minimum Gasteiger partial charge on any atom is -0.381 e. The summed E-state index contributed by atoms with van der Waals surface area (Å²) in [6.45, 7) is 1.96. The van der Waals surface area contributed by atoms with Gasteiger partial charge in [0, 0.05) is 24.9 Å². The van der Waals surface area contributed by atoms with Gasteiger partial charge >= 0.3 is 0 Å². The van der Waals surface area contributed by atoms with Crippen molar-refractivity contribution < 1.29 is 4.74 Å². The van der Waals surface area contributed by atoms with Crippen LogP contribution in [-0.2, 0) is 4.74 Å². The molecule has 0 bridgehead atoms. The van der Waals surface area contributed by atoms with Gasteiger partial charge in [-0.1, -0.05) is 0 Å². The van der Waals surface area contributed by atoms with Gasteiger partial charge in [0.05, 0.1) is 6.10 Å². The van der Waals surface area contributed by atoms with E-state index in [2.05, 4.69) is 20.4 Å². The highest BCUT2D eigenvalue weighted by molar-refractivity contribution is 5.45. The zero-order valence-corrected chi connectivity index (χ0v) is 10.6. The molecule has 0 aliphatic heterocycles. The van der Waals surface area contributed by atoms with Gasteiger partial charge in [-0.05, 0) is 26.2 Å². The number of hydrogen-bond acceptors (Lipinski definition) is 5. The van der Waals surface area contributed by atoms with Crippen LogP contribution in [0.2, 0.25) is 0 Å². The first-order chi connectivity index (χ1) is 8.76. The van der Waals surface area contributed by atoms with E-state index in [0.29, 0.717) is 17.9 Å². The van der Waals surface area contributed by atoms with Gasteiger partial charge in [0.2, 0.25) is 0 Å². The normalized spacial score (nSPS) is 23.7. The first-order valence-corrected chi connectivity index (χ1v) is 6.23. The monoisotopic (exact) mass is 247 g/mol. The van der Waals surface area contributed by atoms with E-state index in [4.69, 9.17) is 4.74 Å². The zero-order valence-electron chi connectivity index (χ0n) is 10.6. The molecular formula is C12H17N5O. The predicted octanol–water partition coefficient (Wildman–Crippen LogP) is 1.41. The standard InChI is InChI=1S/C12H17N5O/c1-8-5-11(17-12(15-8)13-7-14-17)16-9-3-4-10(6-9)18-2/h5,7,9-10,16H,3-4,6H2,1-2H3. The summed E-state index contributed by atoms with van der Waals surface area (Å²) in [6, 6.07) is 2.44. The summed E-state index contributed by atoms with van der Waals surface area (Å²) in [5, 5.41) is 7.71. The fraction of sp³-hybridized carbons (Fsp3) is 0.583. The fourth-order valence-electron chi connectivity index (χ4n) is 2.53. The van der Waals surface area contributed by atoms with E-state index in [1.807, 2.05) is 13.0 Å². The number of aromatic nitrogens is 4. The van der Waals surface area contributed by atoms with Crippen LogP contribution in [0.25, 0.3) is 5.78 Å². The Morgan fingerprint density at radius 2 is 2.33 bits per heavy atom. The van der Waals surface area contributed by atoms with Crippen LogP contribution < -0.4 is 5.32 Å². The Morgan fingerprint density at radius 3 is 3.11 bits per heavy atom. The Morgan fingerprint density at radius 1 is 1.44 bits per heavy atom. The number of nitrogens with zero attached hydrogens (tertiary/aromatic N) is 4. The first-order valence-electron chi connectivity index (χ1n) is 6.23. The van der Waals surface area contributed by atoms with Crippen LogP contribution in [0.4, 0.5) is 5.82 Å². The van der Waals surface area contributed by atoms with Gasteiger partial charge in [-0.15, -0.1) is 0 Å². The van der Waals surface area contributed by atoms with Crippen LogP contribution in [0, 0.1) is 6.92 Å². The molecule has 2 unspecified atom stereocenters. The molecule has 2 aromatic heterocycles. The van der Waals surface area contributed by atoms with Crippen LogP contribution in [-0.4, -0.2) is 38.8 Å². The molecule has 1 N–H and O–H groups in total. The quantitative estimate of drug-likeness (QED) is 0.888. The Kier molecular flexibility index (Phi) is 2.87. The minimum atomic E-state index is 0.372. The maximum Gasteiger partial charge on any atom is 0.254 e. The van der Waals surface area contributed by atoms with Crippen LogP contribution in [0.5, 0.6) is 0 Å². The molecule has 0 amide bonds. The van der Waals surface area contributed by atoms with Crippen molar-refractivity contribution in [3.63, 3.8) is 0 Å². The Hall–Kier alpha value is -1.69. The highest BCUT2D eigenvalue weighted by Gasteiger charge is 2.24. The summed E-state index contributed by atoms with van der Waals surface area (Å²) in [5.41, 5.74) is 0.944. The molecule has 2 aromatic rings. The summed E-state index contributed by atoms with van der Waals surface area (Å²) in [4.78, 5) is 8.45. The van der Waals surface area contributed by atoms with E-state index in [1.54, 1.807) is 11.6 Å². The predicted molar refractivity (Wildman–Crippen MR) is 67.6 cm³/mol. The number of ether oxygens (including phenoxy) is 1. The Labute approximate surface area is 105 Å². The maximum atomic E-state index is 5.39. The fourth-order valence-corrected chi connectivity index (χ4v) is 2.53. The lowest BCUT2D eigenvalue weighted by molar-refractivity contribution is 0.108. The molecule has 3 rings (SSSR count).